The Bertz CT molecular complexity index is 484. The summed E-state index contributed by atoms with van der Waals surface area (Å²) >= 11 is 0. The van der Waals surface area contributed by atoms with E-state index in [1.54, 1.807) is 6.07 Å². The molecule has 0 saturated heterocycles. The topological polar surface area (TPSA) is 92.7 Å². The fraction of sp³-hybridized carbons (Fsp3) is 0.632. The minimum absolute atomic E-state index is 0.0945. The first-order valence-corrected chi connectivity index (χ1v) is 9.12. The SMILES string of the molecule is CCOCCOCCOc1cc(OCCOCCOCC)cc(C(=O)O)c1. The number of benzene rings is 1. The summed E-state index contributed by atoms with van der Waals surface area (Å²) in [5, 5.41) is 9.23. The Labute approximate surface area is 160 Å². The first kappa shape index (κ1) is 23.2. The molecule has 0 radical (unpaired) electrons. The Morgan fingerprint density at radius 3 is 1.52 bits per heavy atom. The molecule has 0 fully saturated rings. The summed E-state index contributed by atoms with van der Waals surface area (Å²) in [4.78, 5) is 11.3. The van der Waals surface area contributed by atoms with E-state index in [1.165, 1.54) is 12.1 Å². The minimum atomic E-state index is -1.05. The third kappa shape index (κ3) is 11.4. The van der Waals surface area contributed by atoms with E-state index < -0.39 is 5.97 Å². The summed E-state index contributed by atoms with van der Waals surface area (Å²) in [6.07, 6.45) is 0. The zero-order valence-corrected chi connectivity index (χ0v) is 16.1. The van der Waals surface area contributed by atoms with Gasteiger partial charge in [0.2, 0.25) is 0 Å². The van der Waals surface area contributed by atoms with E-state index >= 15 is 0 Å². The predicted octanol–water partition coefficient (Wildman–Crippen LogP) is 2.25. The van der Waals surface area contributed by atoms with Gasteiger partial charge >= 0.3 is 5.97 Å². The van der Waals surface area contributed by atoms with Crippen molar-refractivity contribution >= 4 is 5.97 Å². The molecule has 0 amide bonds. The summed E-state index contributed by atoms with van der Waals surface area (Å²) < 4.78 is 32.2. The van der Waals surface area contributed by atoms with E-state index in [0.717, 1.165) is 0 Å². The molecule has 0 aliphatic rings. The van der Waals surface area contributed by atoms with Crippen molar-refractivity contribution < 1.29 is 38.3 Å². The smallest absolute Gasteiger partial charge is 0.335 e. The molecule has 0 aliphatic carbocycles. The normalized spacial score (nSPS) is 10.7. The molecule has 0 bridgehead atoms. The predicted molar refractivity (Wildman–Crippen MR) is 99.0 cm³/mol. The average Bonchev–Trinajstić information content (AvgIpc) is 2.66. The summed E-state index contributed by atoms with van der Waals surface area (Å²) in [6.45, 7) is 8.58. The highest BCUT2D eigenvalue weighted by atomic mass is 16.6. The quantitative estimate of drug-likeness (QED) is 0.408. The molecule has 0 saturated carbocycles. The number of carbonyl (C=O) groups is 1. The Morgan fingerprint density at radius 2 is 1.11 bits per heavy atom. The zero-order valence-electron chi connectivity index (χ0n) is 16.1. The van der Waals surface area contributed by atoms with Gasteiger partial charge < -0.3 is 33.5 Å². The molecule has 154 valence electrons. The van der Waals surface area contributed by atoms with Gasteiger partial charge in [-0.15, -0.1) is 0 Å². The van der Waals surface area contributed by atoms with E-state index in [4.69, 9.17) is 28.4 Å². The van der Waals surface area contributed by atoms with Crippen molar-refractivity contribution in [3.8, 4) is 11.5 Å². The second-order valence-electron chi connectivity index (χ2n) is 5.31. The number of hydrogen-bond acceptors (Lipinski definition) is 7. The fourth-order valence-corrected chi connectivity index (χ4v) is 2.03. The molecule has 1 aromatic carbocycles. The molecule has 27 heavy (non-hydrogen) atoms. The monoisotopic (exact) mass is 386 g/mol. The molecule has 8 heteroatoms. The molecule has 0 aromatic heterocycles. The van der Waals surface area contributed by atoms with Crippen LogP contribution in [0.3, 0.4) is 0 Å². The van der Waals surface area contributed by atoms with Crippen LogP contribution in [-0.2, 0) is 18.9 Å². The van der Waals surface area contributed by atoms with Crippen LogP contribution >= 0.6 is 0 Å². The number of carboxylic acid groups (broad SMARTS) is 1. The standard InChI is InChI=1S/C19H30O8/c1-3-22-5-7-24-9-11-26-17-13-16(19(20)21)14-18(15-17)27-12-10-25-8-6-23-4-2/h13-15H,3-12H2,1-2H3,(H,20,21). The summed E-state index contributed by atoms with van der Waals surface area (Å²) in [5.41, 5.74) is 0.0945. The summed E-state index contributed by atoms with van der Waals surface area (Å²) in [7, 11) is 0. The van der Waals surface area contributed by atoms with Crippen LogP contribution in [0.25, 0.3) is 0 Å². The van der Waals surface area contributed by atoms with Gasteiger partial charge in [-0.2, -0.15) is 0 Å². The van der Waals surface area contributed by atoms with Gasteiger partial charge in [0.25, 0.3) is 0 Å². The summed E-state index contributed by atoms with van der Waals surface area (Å²) in [6, 6.07) is 4.55. The van der Waals surface area contributed by atoms with Crippen LogP contribution in [0.4, 0.5) is 0 Å². The molecule has 0 unspecified atom stereocenters. The van der Waals surface area contributed by atoms with Gasteiger partial charge in [-0.3, -0.25) is 0 Å². The van der Waals surface area contributed by atoms with E-state index in [0.29, 0.717) is 77.6 Å². The first-order valence-electron chi connectivity index (χ1n) is 9.12. The average molecular weight is 386 g/mol. The van der Waals surface area contributed by atoms with Crippen molar-refractivity contribution in [2.75, 3.05) is 66.1 Å². The molecule has 0 atom stereocenters. The second-order valence-corrected chi connectivity index (χ2v) is 5.31. The Hall–Kier alpha value is -1.87. The number of carboxylic acids is 1. The van der Waals surface area contributed by atoms with Crippen LogP contribution in [0.2, 0.25) is 0 Å². The van der Waals surface area contributed by atoms with Gasteiger partial charge in [-0.25, -0.2) is 4.79 Å². The fourth-order valence-electron chi connectivity index (χ4n) is 2.03. The van der Waals surface area contributed by atoms with Gasteiger partial charge in [0, 0.05) is 19.3 Å². The lowest BCUT2D eigenvalue weighted by Crippen LogP contribution is -2.12. The van der Waals surface area contributed by atoms with E-state index in [2.05, 4.69) is 0 Å². The van der Waals surface area contributed by atoms with Crippen LogP contribution in [0.5, 0.6) is 11.5 Å². The minimum Gasteiger partial charge on any atom is -0.491 e. The number of ether oxygens (including phenoxy) is 6. The maximum atomic E-state index is 11.3. The number of hydrogen-bond donors (Lipinski definition) is 1. The van der Waals surface area contributed by atoms with Crippen LogP contribution < -0.4 is 9.47 Å². The third-order valence-electron chi connectivity index (χ3n) is 3.27. The first-order chi connectivity index (χ1) is 13.2. The highest BCUT2D eigenvalue weighted by Gasteiger charge is 2.09. The van der Waals surface area contributed by atoms with Gasteiger partial charge in [0.15, 0.2) is 0 Å². The highest BCUT2D eigenvalue weighted by molar-refractivity contribution is 5.88. The largest absolute Gasteiger partial charge is 0.491 e. The third-order valence-corrected chi connectivity index (χ3v) is 3.27. The van der Waals surface area contributed by atoms with Crippen molar-refractivity contribution in [3.63, 3.8) is 0 Å². The van der Waals surface area contributed by atoms with Crippen molar-refractivity contribution in [2.45, 2.75) is 13.8 Å². The molecule has 0 heterocycles. The Morgan fingerprint density at radius 1 is 0.704 bits per heavy atom. The zero-order chi connectivity index (χ0) is 19.7. The maximum Gasteiger partial charge on any atom is 0.335 e. The van der Waals surface area contributed by atoms with E-state index in [-0.39, 0.29) is 5.56 Å². The molecule has 1 N–H and O–H groups in total. The van der Waals surface area contributed by atoms with Gasteiger partial charge in [0.1, 0.15) is 24.7 Å². The lowest BCUT2D eigenvalue weighted by atomic mass is 10.2. The molecule has 0 aliphatic heterocycles. The maximum absolute atomic E-state index is 11.3. The van der Waals surface area contributed by atoms with Crippen molar-refractivity contribution in [1.29, 1.82) is 0 Å². The molecular formula is C19H30O8. The van der Waals surface area contributed by atoms with Crippen LogP contribution in [0.1, 0.15) is 24.2 Å². The van der Waals surface area contributed by atoms with Gasteiger partial charge in [0.05, 0.1) is 45.2 Å². The van der Waals surface area contributed by atoms with Crippen molar-refractivity contribution in [3.05, 3.63) is 23.8 Å². The van der Waals surface area contributed by atoms with Crippen molar-refractivity contribution in [2.24, 2.45) is 0 Å². The highest BCUT2D eigenvalue weighted by Crippen LogP contribution is 2.23. The molecule has 8 nitrogen and oxygen atoms in total. The van der Waals surface area contributed by atoms with Crippen LogP contribution in [0, 0.1) is 0 Å². The Balaban J connectivity index is 2.38. The number of aromatic carboxylic acids is 1. The van der Waals surface area contributed by atoms with Crippen molar-refractivity contribution in [1.82, 2.24) is 0 Å². The summed E-state index contributed by atoms with van der Waals surface area (Å²) in [5.74, 6) is -0.225. The van der Waals surface area contributed by atoms with Gasteiger partial charge in [-0.05, 0) is 26.0 Å². The van der Waals surface area contributed by atoms with E-state index in [1.807, 2.05) is 13.8 Å². The molecule has 0 spiro atoms. The molecular weight excluding hydrogens is 356 g/mol. The lowest BCUT2D eigenvalue weighted by molar-refractivity contribution is 0.0395. The second kappa shape index (κ2) is 15.2. The number of rotatable bonds is 17. The Kier molecular flexibility index (Phi) is 13.1. The van der Waals surface area contributed by atoms with Gasteiger partial charge in [-0.1, -0.05) is 0 Å². The molecule has 1 aromatic rings. The molecule has 1 rings (SSSR count). The van der Waals surface area contributed by atoms with Crippen LogP contribution in [0.15, 0.2) is 18.2 Å². The van der Waals surface area contributed by atoms with E-state index in [9.17, 15) is 9.90 Å². The lowest BCUT2D eigenvalue weighted by Gasteiger charge is -2.12. The van der Waals surface area contributed by atoms with Crippen LogP contribution in [-0.4, -0.2) is 77.1 Å².